The number of hydrogen-bond acceptors (Lipinski definition) is 5. The van der Waals surface area contributed by atoms with Gasteiger partial charge in [-0.3, -0.25) is 14.8 Å². The van der Waals surface area contributed by atoms with Crippen molar-refractivity contribution in [2.75, 3.05) is 17.4 Å². The summed E-state index contributed by atoms with van der Waals surface area (Å²) in [5, 5.41) is 2.88. The van der Waals surface area contributed by atoms with Gasteiger partial charge >= 0.3 is 0 Å². The first-order valence-electron chi connectivity index (χ1n) is 9.79. The lowest BCUT2D eigenvalue weighted by atomic mass is 10.1. The number of nitrogens with one attached hydrogen (secondary N) is 1. The Morgan fingerprint density at radius 2 is 2.00 bits per heavy atom. The number of amides is 1. The van der Waals surface area contributed by atoms with Crippen molar-refractivity contribution in [2.45, 2.75) is 24.2 Å². The van der Waals surface area contributed by atoms with E-state index in [1.165, 1.54) is 29.0 Å². The Labute approximate surface area is 176 Å². The molecule has 3 aromatic rings. The van der Waals surface area contributed by atoms with Crippen LogP contribution in [0.3, 0.4) is 0 Å². The molecule has 1 N–H and O–H groups in total. The van der Waals surface area contributed by atoms with Crippen molar-refractivity contribution < 1.29 is 13.6 Å². The van der Waals surface area contributed by atoms with Crippen molar-refractivity contribution in [1.82, 2.24) is 15.3 Å². The minimum Gasteiger partial charge on any atom is -0.588 e. The quantitative estimate of drug-likeness (QED) is 0.616. The average Bonchev–Trinajstić information content (AvgIpc) is 2.79. The zero-order valence-electron chi connectivity index (χ0n) is 16.4. The van der Waals surface area contributed by atoms with E-state index in [1.807, 2.05) is 30.3 Å². The fourth-order valence-corrected chi connectivity index (χ4v) is 4.95. The van der Waals surface area contributed by atoms with Gasteiger partial charge in [0.1, 0.15) is 5.69 Å². The summed E-state index contributed by atoms with van der Waals surface area (Å²) in [4.78, 5) is 21.0. The fourth-order valence-electron chi connectivity index (χ4n) is 3.47. The number of aromatic nitrogens is 2. The van der Waals surface area contributed by atoms with Gasteiger partial charge in [-0.05, 0) is 43.0 Å². The molecule has 0 radical (unpaired) electrons. The molecule has 0 aliphatic carbocycles. The summed E-state index contributed by atoms with van der Waals surface area (Å²) in [5.41, 5.74) is 2.61. The van der Waals surface area contributed by atoms with Crippen LogP contribution >= 0.6 is 0 Å². The molecule has 0 saturated heterocycles. The molecule has 2 aromatic heterocycles. The van der Waals surface area contributed by atoms with E-state index >= 15 is 0 Å². The van der Waals surface area contributed by atoms with Gasteiger partial charge in [0.25, 0.3) is 5.91 Å². The molecule has 1 unspecified atom stereocenters. The van der Waals surface area contributed by atoms with Crippen LogP contribution in [0.1, 0.15) is 28.0 Å². The minimum absolute atomic E-state index is 0.121. The number of nitrogens with zero attached hydrogens (tertiary/aromatic N) is 3. The molecule has 1 aliphatic heterocycles. The lowest BCUT2D eigenvalue weighted by molar-refractivity contribution is 0.0953. The van der Waals surface area contributed by atoms with Gasteiger partial charge in [-0.1, -0.05) is 34.5 Å². The topological polar surface area (TPSA) is 98.2 Å². The second-order valence-electron chi connectivity index (χ2n) is 7.05. The molecule has 1 aliphatic rings. The van der Waals surface area contributed by atoms with Crippen molar-refractivity contribution in [1.29, 1.82) is 0 Å². The third-order valence-electron chi connectivity index (χ3n) is 5.02. The van der Waals surface area contributed by atoms with Crippen LogP contribution in [0.2, 0.25) is 0 Å². The lowest BCUT2D eigenvalue weighted by Gasteiger charge is -2.32. The molecule has 1 aromatic carbocycles. The van der Waals surface area contributed by atoms with Gasteiger partial charge in [-0.2, -0.15) is 4.31 Å². The van der Waals surface area contributed by atoms with Crippen molar-refractivity contribution in [2.24, 2.45) is 0 Å². The number of pyridine rings is 2. The summed E-state index contributed by atoms with van der Waals surface area (Å²) in [7, 11) is -3.77. The monoisotopic (exact) mass is 422 g/mol. The Morgan fingerprint density at radius 1 is 1.17 bits per heavy atom. The second kappa shape index (κ2) is 8.73. The van der Waals surface area contributed by atoms with Crippen LogP contribution < -0.4 is 9.62 Å². The molecule has 154 valence electrons. The highest BCUT2D eigenvalue weighted by atomic mass is 32.3. The number of hydrogen-bond donors (Lipinski definition) is 1. The maximum atomic E-state index is 13.1. The molecule has 1 atom stereocenters. The van der Waals surface area contributed by atoms with Gasteiger partial charge in [0.2, 0.25) is 0 Å². The van der Waals surface area contributed by atoms with Crippen molar-refractivity contribution in [3.63, 3.8) is 0 Å². The highest BCUT2D eigenvalue weighted by Crippen LogP contribution is 2.33. The molecule has 1 amide bonds. The van der Waals surface area contributed by atoms with E-state index in [1.54, 1.807) is 12.1 Å². The molecule has 0 saturated carbocycles. The number of carbonyl (C=O) groups is 1. The van der Waals surface area contributed by atoms with Crippen LogP contribution in [0.15, 0.2) is 72.0 Å². The first kappa shape index (κ1) is 20.2. The Kier molecular flexibility index (Phi) is 5.87. The highest BCUT2D eigenvalue weighted by Gasteiger charge is 2.35. The van der Waals surface area contributed by atoms with Crippen LogP contribution in [0.5, 0.6) is 0 Å². The molecule has 8 heteroatoms. The average molecular weight is 423 g/mol. The zero-order chi connectivity index (χ0) is 21.0. The van der Waals surface area contributed by atoms with E-state index in [-0.39, 0.29) is 10.8 Å². The summed E-state index contributed by atoms with van der Waals surface area (Å²) >= 11 is 0. The summed E-state index contributed by atoms with van der Waals surface area (Å²) in [6, 6.07) is 14.6. The van der Waals surface area contributed by atoms with Crippen molar-refractivity contribution in [3.8, 4) is 0 Å². The molecule has 0 spiro atoms. The van der Waals surface area contributed by atoms with Crippen molar-refractivity contribution in [3.05, 3.63) is 83.9 Å². The van der Waals surface area contributed by atoms with Gasteiger partial charge in [0, 0.05) is 18.9 Å². The number of carbonyl (C=O) groups excluding carboxylic acids is 1. The van der Waals surface area contributed by atoms with Gasteiger partial charge in [0.05, 0.1) is 24.0 Å². The molecule has 3 heterocycles. The fraction of sp³-hybridized carbons (Fsp3) is 0.227. The molecule has 0 bridgehead atoms. The zero-order valence-corrected chi connectivity index (χ0v) is 17.2. The number of anilines is 1. The summed E-state index contributed by atoms with van der Waals surface area (Å²) in [5.74, 6) is -0.273. The molecular formula is C22H22N4O3S. The van der Waals surface area contributed by atoms with Crippen LogP contribution in [0, 0.1) is 0 Å². The molecule has 7 nitrogen and oxygen atoms in total. The SMILES string of the molecule is O=C(NCCc1ccccc1)c1cnc2c(c1)N([S+](=O)([O-])c1cccnc1)CCC2. The van der Waals surface area contributed by atoms with Gasteiger partial charge in [-0.15, -0.1) is 0 Å². The summed E-state index contributed by atoms with van der Waals surface area (Å²) in [6.45, 7) is 0.822. The third kappa shape index (κ3) is 4.24. The van der Waals surface area contributed by atoms with Crippen LogP contribution in [0.25, 0.3) is 0 Å². The van der Waals surface area contributed by atoms with E-state index in [9.17, 15) is 13.6 Å². The predicted octanol–water partition coefficient (Wildman–Crippen LogP) is 2.81. The van der Waals surface area contributed by atoms with E-state index in [2.05, 4.69) is 15.3 Å². The van der Waals surface area contributed by atoms with Crippen molar-refractivity contribution >= 4 is 22.0 Å². The van der Waals surface area contributed by atoms with E-state index < -0.39 is 10.4 Å². The molecule has 4 rings (SSSR count). The number of benzene rings is 1. The number of rotatable bonds is 6. The number of sulfonamides is 1. The molecule has 0 fully saturated rings. The predicted molar refractivity (Wildman–Crippen MR) is 114 cm³/mol. The Balaban J connectivity index is 1.53. The van der Waals surface area contributed by atoms with Gasteiger partial charge in [-0.25, -0.2) is 0 Å². The van der Waals surface area contributed by atoms with Crippen LogP contribution in [0.4, 0.5) is 5.69 Å². The smallest absolute Gasteiger partial charge is 0.252 e. The van der Waals surface area contributed by atoms with E-state index in [4.69, 9.17) is 0 Å². The first-order valence-corrected chi connectivity index (χ1v) is 11.2. The summed E-state index contributed by atoms with van der Waals surface area (Å²) in [6.07, 6.45) is 6.43. The summed E-state index contributed by atoms with van der Waals surface area (Å²) < 4.78 is 27.6. The first-order chi connectivity index (χ1) is 14.6. The Hall–Kier alpha value is -3.10. The minimum atomic E-state index is -3.77. The third-order valence-corrected chi connectivity index (χ3v) is 6.81. The van der Waals surface area contributed by atoms with Crippen LogP contribution in [-0.4, -0.2) is 33.5 Å². The maximum Gasteiger partial charge on any atom is 0.252 e. The highest BCUT2D eigenvalue weighted by molar-refractivity contribution is 7.99. The molecule has 30 heavy (non-hydrogen) atoms. The van der Waals surface area contributed by atoms with Gasteiger partial charge < -0.3 is 9.87 Å². The van der Waals surface area contributed by atoms with E-state index in [0.29, 0.717) is 49.3 Å². The van der Waals surface area contributed by atoms with Crippen LogP contribution in [-0.2, 0) is 27.5 Å². The Bertz CT molecular complexity index is 1080. The number of fused-ring (bicyclic) bond motifs is 1. The normalized spacial score (nSPS) is 15.2. The second-order valence-corrected chi connectivity index (χ2v) is 8.91. The maximum absolute atomic E-state index is 13.1. The standard InChI is InChI=1S/C22H22N4O3S/c27-22(24-12-10-17-6-2-1-3-7-17)18-14-21-20(25-15-18)9-5-13-26(21)30(28,29)19-8-4-11-23-16-19/h1-4,6-8,11,14-16H,5,9-10,12-13H2,(H-,24,27,28,29). The Morgan fingerprint density at radius 3 is 2.77 bits per heavy atom. The van der Waals surface area contributed by atoms with E-state index in [0.717, 1.165) is 5.56 Å². The van der Waals surface area contributed by atoms with Gasteiger partial charge in [0.15, 0.2) is 15.3 Å². The number of aryl methyl sites for hydroxylation is 1. The lowest BCUT2D eigenvalue weighted by Crippen LogP contribution is -2.40. The molecular weight excluding hydrogens is 400 g/mol. The largest absolute Gasteiger partial charge is 0.588 e.